The van der Waals surface area contributed by atoms with Gasteiger partial charge in [0.2, 0.25) is 0 Å². The van der Waals surface area contributed by atoms with Crippen LogP contribution in [0.5, 0.6) is 0 Å². The first-order chi connectivity index (χ1) is 4.65. The molecule has 0 radical (unpaired) electrons. The molecule has 1 atom stereocenters. The van der Waals surface area contributed by atoms with Crippen molar-refractivity contribution in [3.63, 3.8) is 0 Å². The molecule has 0 unspecified atom stereocenters. The van der Waals surface area contributed by atoms with E-state index in [4.69, 9.17) is 4.74 Å². The molecule has 1 rings (SSSR count). The summed E-state index contributed by atoms with van der Waals surface area (Å²) in [5.41, 5.74) is -1.04. The van der Waals surface area contributed by atoms with E-state index in [9.17, 15) is 4.39 Å². The Labute approximate surface area is 61.6 Å². The van der Waals surface area contributed by atoms with Crippen LogP contribution in [0.1, 0.15) is 26.7 Å². The SMILES string of the molecule is CC(C)[C@@]1(F)CCCOC1. The zero-order valence-corrected chi connectivity index (χ0v) is 6.69. The molecule has 0 aliphatic carbocycles. The van der Waals surface area contributed by atoms with Crippen molar-refractivity contribution in [3.8, 4) is 0 Å². The summed E-state index contributed by atoms with van der Waals surface area (Å²) in [5, 5.41) is 0. The lowest BCUT2D eigenvalue weighted by molar-refractivity contribution is -0.0570. The van der Waals surface area contributed by atoms with Crippen molar-refractivity contribution < 1.29 is 9.13 Å². The first kappa shape index (κ1) is 7.99. The van der Waals surface area contributed by atoms with Gasteiger partial charge in [0.1, 0.15) is 5.67 Å². The van der Waals surface area contributed by atoms with Crippen LogP contribution >= 0.6 is 0 Å². The van der Waals surface area contributed by atoms with E-state index in [2.05, 4.69) is 0 Å². The van der Waals surface area contributed by atoms with Crippen molar-refractivity contribution in [1.29, 1.82) is 0 Å². The first-order valence-corrected chi connectivity index (χ1v) is 3.92. The second kappa shape index (κ2) is 2.87. The van der Waals surface area contributed by atoms with Gasteiger partial charge in [0.05, 0.1) is 6.61 Å². The molecule has 0 saturated carbocycles. The molecule has 0 N–H and O–H groups in total. The van der Waals surface area contributed by atoms with Gasteiger partial charge in [-0.1, -0.05) is 13.8 Å². The Bertz CT molecular complexity index is 106. The third-order valence-corrected chi connectivity index (χ3v) is 2.26. The lowest BCUT2D eigenvalue weighted by atomic mass is 9.87. The molecule has 1 saturated heterocycles. The normalized spacial score (nSPS) is 34.8. The van der Waals surface area contributed by atoms with Crippen LogP contribution in [0.3, 0.4) is 0 Å². The Morgan fingerprint density at radius 2 is 2.20 bits per heavy atom. The third kappa shape index (κ3) is 1.48. The van der Waals surface area contributed by atoms with Crippen molar-refractivity contribution >= 4 is 0 Å². The standard InChI is InChI=1S/C8H15FO/c1-7(2)8(9)4-3-5-10-6-8/h7H,3-6H2,1-2H3/t8-/m1/s1. The predicted molar refractivity (Wildman–Crippen MR) is 38.7 cm³/mol. The highest BCUT2D eigenvalue weighted by Crippen LogP contribution is 2.30. The van der Waals surface area contributed by atoms with E-state index in [-0.39, 0.29) is 5.92 Å². The Morgan fingerprint density at radius 1 is 1.50 bits per heavy atom. The van der Waals surface area contributed by atoms with Crippen LogP contribution in [-0.4, -0.2) is 18.9 Å². The van der Waals surface area contributed by atoms with E-state index >= 15 is 0 Å². The number of hydrogen-bond acceptors (Lipinski definition) is 1. The Kier molecular flexibility index (Phi) is 2.29. The van der Waals surface area contributed by atoms with Gasteiger partial charge in [-0.25, -0.2) is 4.39 Å². The topological polar surface area (TPSA) is 9.23 Å². The van der Waals surface area contributed by atoms with Crippen LogP contribution in [0.15, 0.2) is 0 Å². The van der Waals surface area contributed by atoms with Crippen molar-refractivity contribution in [3.05, 3.63) is 0 Å². The van der Waals surface area contributed by atoms with Crippen LogP contribution in [0.4, 0.5) is 4.39 Å². The third-order valence-electron chi connectivity index (χ3n) is 2.26. The first-order valence-electron chi connectivity index (χ1n) is 3.92. The molecular formula is C8H15FO. The average molecular weight is 146 g/mol. The number of rotatable bonds is 1. The van der Waals surface area contributed by atoms with E-state index in [1.54, 1.807) is 0 Å². The summed E-state index contributed by atoms with van der Waals surface area (Å²) < 4.78 is 18.6. The molecule has 1 heterocycles. The second-order valence-corrected chi connectivity index (χ2v) is 3.35. The van der Waals surface area contributed by atoms with E-state index in [1.165, 1.54) is 0 Å². The molecule has 0 spiro atoms. The van der Waals surface area contributed by atoms with Crippen LogP contribution < -0.4 is 0 Å². The Hall–Kier alpha value is -0.110. The lowest BCUT2D eigenvalue weighted by Crippen LogP contribution is -2.38. The summed E-state index contributed by atoms with van der Waals surface area (Å²) in [6, 6.07) is 0. The van der Waals surface area contributed by atoms with Gasteiger partial charge in [0.15, 0.2) is 0 Å². The summed E-state index contributed by atoms with van der Waals surface area (Å²) in [5.74, 6) is 0.0906. The zero-order valence-electron chi connectivity index (χ0n) is 6.69. The minimum atomic E-state index is -1.04. The number of halogens is 1. The smallest absolute Gasteiger partial charge is 0.136 e. The van der Waals surface area contributed by atoms with Crippen molar-refractivity contribution in [2.24, 2.45) is 5.92 Å². The highest BCUT2D eigenvalue weighted by Gasteiger charge is 2.35. The quantitative estimate of drug-likeness (QED) is 0.551. The largest absolute Gasteiger partial charge is 0.378 e. The number of hydrogen-bond donors (Lipinski definition) is 0. The van der Waals surface area contributed by atoms with Gasteiger partial charge in [0, 0.05) is 6.61 Å². The van der Waals surface area contributed by atoms with E-state index in [0.29, 0.717) is 13.0 Å². The van der Waals surface area contributed by atoms with Gasteiger partial charge in [-0.2, -0.15) is 0 Å². The van der Waals surface area contributed by atoms with Crippen molar-refractivity contribution in [2.75, 3.05) is 13.2 Å². The molecule has 0 aromatic carbocycles. The summed E-state index contributed by atoms with van der Waals surface area (Å²) in [6.45, 7) is 4.85. The Balaban J connectivity index is 2.48. The average Bonchev–Trinajstić information content (AvgIpc) is 1.89. The van der Waals surface area contributed by atoms with Crippen LogP contribution in [0, 0.1) is 5.92 Å². The summed E-state index contributed by atoms with van der Waals surface area (Å²) >= 11 is 0. The van der Waals surface area contributed by atoms with Gasteiger partial charge >= 0.3 is 0 Å². The maximum atomic E-state index is 13.6. The second-order valence-electron chi connectivity index (χ2n) is 3.35. The molecule has 0 bridgehead atoms. The van der Waals surface area contributed by atoms with Gasteiger partial charge in [-0.3, -0.25) is 0 Å². The van der Waals surface area contributed by atoms with Crippen LogP contribution in [0.25, 0.3) is 0 Å². The zero-order chi connectivity index (χ0) is 7.61. The molecule has 0 aromatic rings. The predicted octanol–water partition coefficient (Wildman–Crippen LogP) is 2.16. The molecule has 0 amide bonds. The number of alkyl halides is 1. The molecule has 1 nitrogen and oxygen atoms in total. The van der Waals surface area contributed by atoms with Gasteiger partial charge in [0.25, 0.3) is 0 Å². The molecular weight excluding hydrogens is 131 g/mol. The molecule has 1 aliphatic heterocycles. The molecule has 60 valence electrons. The molecule has 10 heavy (non-hydrogen) atoms. The molecule has 2 heteroatoms. The van der Waals surface area contributed by atoms with Crippen LogP contribution in [-0.2, 0) is 4.74 Å². The maximum absolute atomic E-state index is 13.6. The summed E-state index contributed by atoms with van der Waals surface area (Å²) in [7, 11) is 0. The minimum absolute atomic E-state index is 0.0906. The maximum Gasteiger partial charge on any atom is 0.136 e. The number of ether oxygens (including phenoxy) is 1. The van der Waals surface area contributed by atoms with Gasteiger partial charge in [-0.05, 0) is 18.8 Å². The van der Waals surface area contributed by atoms with Crippen LogP contribution in [0.2, 0.25) is 0 Å². The van der Waals surface area contributed by atoms with Crippen molar-refractivity contribution in [1.82, 2.24) is 0 Å². The Morgan fingerprint density at radius 3 is 2.50 bits per heavy atom. The highest BCUT2D eigenvalue weighted by molar-refractivity contribution is 4.84. The monoisotopic (exact) mass is 146 g/mol. The van der Waals surface area contributed by atoms with E-state index < -0.39 is 5.67 Å². The van der Waals surface area contributed by atoms with E-state index in [0.717, 1.165) is 13.0 Å². The fraction of sp³-hybridized carbons (Fsp3) is 1.00. The fourth-order valence-corrected chi connectivity index (χ4v) is 1.24. The summed E-state index contributed by atoms with van der Waals surface area (Å²) in [6.07, 6.45) is 1.54. The molecule has 1 aliphatic rings. The minimum Gasteiger partial charge on any atom is -0.378 e. The molecule has 0 aromatic heterocycles. The highest BCUT2D eigenvalue weighted by atomic mass is 19.1. The van der Waals surface area contributed by atoms with Crippen molar-refractivity contribution in [2.45, 2.75) is 32.4 Å². The van der Waals surface area contributed by atoms with Gasteiger partial charge < -0.3 is 4.74 Å². The summed E-state index contributed by atoms with van der Waals surface area (Å²) in [4.78, 5) is 0. The van der Waals surface area contributed by atoms with E-state index in [1.807, 2.05) is 13.8 Å². The fourth-order valence-electron chi connectivity index (χ4n) is 1.24. The van der Waals surface area contributed by atoms with Gasteiger partial charge in [-0.15, -0.1) is 0 Å². The molecule has 1 fully saturated rings. The lowest BCUT2D eigenvalue weighted by Gasteiger charge is -2.32.